The molecule has 0 bridgehead atoms. The van der Waals surface area contributed by atoms with E-state index in [1.54, 1.807) is 14.2 Å². The van der Waals surface area contributed by atoms with Crippen LogP contribution in [0.3, 0.4) is 0 Å². The molecule has 118 valence electrons. The zero-order valence-electron chi connectivity index (χ0n) is 12.7. The highest BCUT2D eigenvalue weighted by Crippen LogP contribution is 2.18. The Kier molecular flexibility index (Phi) is 5.61. The maximum atomic E-state index is 12.2. The Morgan fingerprint density at radius 3 is 2.81 bits per heavy atom. The second-order valence-electron chi connectivity index (χ2n) is 5.51. The van der Waals surface area contributed by atoms with Crippen LogP contribution in [0.5, 0.6) is 5.75 Å². The summed E-state index contributed by atoms with van der Waals surface area (Å²) in [7, 11) is 0.0286. The molecule has 0 unspecified atom stereocenters. The molecule has 0 aromatic heterocycles. The Morgan fingerprint density at radius 1 is 1.38 bits per heavy atom. The standard InChI is InChI=1S/C15H24N2O3S/c1-17(12-13-5-3-6-15(11-13)20-2)21(18,19)10-4-9-16-14-7-8-14/h3,5-6,11,14,16H,4,7-10,12H2,1-2H3. The van der Waals surface area contributed by atoms with Gasteiger partial charge in [-0.25, -0.2) is 12.7 Å². The molecule has 0 saturated heterocycles. The van der Waals surface area contributed by atoms with Crippen LogP contribution < -0.4 is 10.1 Å². The van der Waals surface area contributed by atoms with E-state index in [2.05, 4.69) is 5.32 Å². The predicted molar refractivity (Wildman–Crippen MR) is 83.9 cm³/mol. The van der Waals surface area contributed by atoms with Crippen LogP contribution in [0.25, 0.3) is 0 Å². The molecule has 1 fully saturated rings. The fraction of sp³-hybridized carbons (Fsp3) is 0.600. The Bertz CT molecular complexity index is 556. The van der Waals surface area contributed by atoms with Crippen LogP contribution >= 0.6 is 0 Å². The highest BCUT2D eigenvalue weighted by Gasteiger charge is 2.21. The van der Waals surface area contributed by atoms with Crippen molar-refractivity contribution in [3.63, 3.8) is 0 Å². The lowest BCUT2D eigenvalue weighted by Crippen LogP contribution is -2.30. The molecule has 0 aliphatic heterocycles. The minimum absolute atomic E-state index is 0.188. The molecule has 0 atom stereocenters. The topological polar surface area (TPSA) is 58.6 Å². The van der Waals surface area contributed by atoms with E-state index in [1.165, 1.54) is 17.1 Å². The molecule has 0 amide bonds. The maximum absolute atomic E-state index is 12.2. The highest BCUT2D eigenvalue weighted by atomic mass is 32.2. The van der Waals surface area contributed by atoms with Gasteiger partial charge in [-0.1, -0.05) is 12.1 Å². The van der Waals surface area contributed by atoms with Gasteiger partial charge < -0.3 is 10.1 Å². The van der Waals surface area contributed by atoms with E-state index in [0.717, 1.165) is 17.9 Å². The minimum atomic E-state index is -3.20. The number of benzene rings is 1. The molecule has 5 nitrogen and oxygen atoms in total. The summed E-state index contributed by atoms with van der Waals surface area (Å²) in [6.45, 7) is 1.15. The van der Waals surface area contributed by atoms with Gasteiger partial charge in [0.25, 0.3) is 0 Å². The van der Waals surface area contributed by atoms with Crippen LogP contribution in [0.15, 0.2) is 24.3 Å². The minimum Gasteiger partial charge on any atom is -0.497 e. The number of ether oxygens (including phenoxy) is 1. The molecule has 21 heavy (non-hydrogen) atoms. The number of hydrogen-bond donors (Lipinski definition) is 1. The first kappa shape index (κ1) is 16.3. The molecule has 1 aliphatic carbocycles. The van der Waals surface area contributed by atoms with Gasteiger partial charge in [0, 0.05) is 19.6 Å². The lowest BCUT2D eigenvalue weighted by atomic mass is 10.2. The van der Waals surface area contributed by atoms with Crippen molar-refractivity contribution in [3.05, 3.63) is 29.8 Å². The molecular formula is C15H24N2O3S. The van der Waals surface area contributed by atoms with Gasteiger partial charge in [-0.2, -0.15) is 0 Å². The second-order valence-corrected chi connectivity index (χ2v) is 7.70. The van der Waals surface area contributed by atoms with Crippen LogP contribution in [0.2, 0.25) is 0 Å². The van der Waals surface area contributed by atoms with E-state index in [-0.39, 0.29) is 5.75 Å². The first-order valence-corrected chi connectivity index (χ1v) is 8.92. The average molecular weight is 312 g/mol. The van der Waals surface area contributed by atoms with Crippen molar-refractivity contribution in [1.82, 2.24) is 9.62 Å². The number of nitrogens with one attached hydrogen (secondary N) is 1. The molecule has 1 N–H and O–H groups in total. The number of hydrogen-bond acceptors (Lipinski definition) is 4. The first-order chi connectivity index (χ1) is 10.0. The molecule has 1 saturated carbocycles. The molecule has 1 aromatic carbocycles. The summed E-state index contributed by atoms with van der Waals surface area (Å²) >= 11 is 0. The fourth-order valence-electron chi connectivity index (χ4n) is 2.13. The van der Waals surface area contributed by atoms with Crippen molar-refractivity contribution in [2.24, 2.45) is 0 Å². The zero-order chi connectivity index (χ0) is 15.3. The number of rotatable bonds is 9. The Labute approximate surface area is 127 Å². The van der Waals surface area contributed by atoms with Crippen molar-refractivity contribution in [1.29, 1.82) is 0 Å². The van der Waals surface area contributed by atoms with Gasteiger partial charge in [0.2, 0.25) is 10.0 Å². The van der Waals surface area contributed by atoms with Gasteiger partial charge in [0.1, 0.15) is 5.75 Å². The summed E-state index contributed by atoms with van der Waals surface area (Å²) in [5.74, 6) is 0.930. The summed E-state index contributed by atoms with van der Waals surface area (Å²) in [4.78, 5) is 0. The Balaban J connectivity index is 1.82. The lowest BCUT2D eigenvalue weighted by Gasteiger charge is -2.17. The van der Waals surface area contributed by atoms with Crippen molar-refractivity contribution in [3.8, 4) is 5.75 Å². The van der Waals surface area contributed by atoms with Gasteiger partial charge in [-0.3, -0.25) is 0 Å². The third-order valence-electron chi connectivity index (χ3n) is 3.60. The summed E-state index contributed by atoms with van der Waals surface area (Å²) in [6, 6.07) is 8.11. The van der Waals surface area contributed by atoms with E-state index >= 15 is 0 Å². The monoisotopic (exact) mass is 312 g/mol. The van der Waals surface area contributed by atoms with Gasteiger partial charge >= 0.3 is 0 Å². The third-order valence-corrected chi connectivity index (χ3v) is 5.49. The second kappa shape index (κ2) is 7.24. The molecule has 0 radical (unpaired) electrons. The third kappa shape index (κ3) is 5.30. The van der Waals surface area contributed by atoms with Crippen LogP contribution in [0, 0.1) is 0 Å². The fourth-order valence-corrected chi connectivity index (χ4v) is 3.30. The van der Waals surface area contributed by atoms with Crippen molar-refractivity contribution >= 4 is 10.0 Å². The Morgan fingerprint density at radius 2 is 2.14 bits per heavy atom. The van der Waals surface area contributed by atoms with Crippen molar-refractivity contribution < 1.29 is 13.2 Å². The average Bonchev–Trinajstić information content (AvgIpc) is 3.28. The largest absolute Gasteiger partial charge is 0.497 e. The van der Waals surface area contributed by atoms with Crippen LogP contribution in [0.1, 0.15) is 24.8 Å². The van der Waals surface area contributed by atoms with Gasteiger partial charge in [0.05, 0.1) is 12.9 Å². The molecular weight excluding hydrogens is 288 g/mol. The molecule has 2 rings (SSSR count). The molecule has 1 aromatic rings. The Hall–Kier alpha value is -1.11. The van der Waals surface area contributed by atoms with E-state index < -0.39 is 10.0 Å². The normalized spacial score (nSPS) is 15.4. The quantitative estimate of drug-likeness (QED) is 0.704. The smallest absolute Gasteiger partial charge is 0.214 e. The molecule has 0 spiro atoms. The summed E-state index contributed by atoms with van der Waals surface area (Å²) < 4.78 is 31.0. The van der Waals surface area contributed by atoms with Crippen LogP contribution in [0.4, 0.5) is 0 Å². The van der Waals surface area contributed by atoms with E-state index in [1.807, 2.05) is 24.3 Å². The molecule has 1 aliphatic rings. The number of nitrogens with zero attached hydrogens (tertiary/aromatic N) is 1. The van der Waals surface area contributed by atoms with Crippen LogP contribution in [-0.4, -0.2) is 45.2 Å². The van der Waals surface area contributed by atoms with Gasteiger partial charge in [-0.05, 0) is 43.5 Å². The molecule has 6 heteroatoms. The first-order valence-electron chi connectivity index (χ1n) is 7.31. The lowest BCUT2D eigenvalue weighted by molar-refractivity contribution is 0.412. The van der Waals surface area contributed by atoms with Crippen LogP contribution in [-0.2, 0) is 16.6 Å². The number of methoxy groups -OCH3 is 1. The SMILES string of the molecule is COc1cccc(CN(C)S(=O)(=O)CCCNC2CC2)c1. The van der Waals surface area contributed by atoms with Gasteiger partial charge in [0.15, 0.2) is 0 Å². The maximum Gasteiger partial charge on any atom is 0.214 e. The summed E-state index contributed by atoms with van der Waals surface area (Å²) in [6.07, 6.45) is 3.10. The van der Waals surface area contributed by atoms with Crippen molar-refractivity contribution in [2.45, 2.75) is 31.8 Å². The van der Waals surface area contributed by atoms with E-state index in [4.69, 9.17) is 4.74 Å². The van der Waals surface area contributed by atoms with Crippen molar-refractivity contribution in [2.75, 3.05) is 26.5 Å². The predicted octanol–water partition coefficient (Wildman–Crippen LogP) is 1.60. The molecule has 0 heterocycles. The number of sulfonamides is 1. The summed E-state index contributed by atoms with van der Waals surface area (Å²) in [5.41, 5.74) is 0.927. The van der Waals surface area contributed by atoms with E-state index in [0.29, 0.717) is 19.0 Å². The zero-order valence-corrected chi connectivity index (χ0v) is 13.5. The summed E-state index contributed by atoms with van der Waals surface area (Å²) in [5, 5.41) is 3.33. The van der Waals surface area contributed by atoms with Gasteiger partial charge in [-0.15, -0.1) is 0 Å². The highest BCUT2D eigenvalue weighted by molar-refractivity contribution is 7.89. The van der Waals surface area contributed by atoms with E-state index in [9.17, 15) is 8.42 Å².